The molecule has 5 heteroatoms. The maximum Gasteiger partial charge on any atom is 0.0645 e. The highest BCUT2D eigenvalue weighted by Crippen LogP contribution is 2.19. The lowest BCUT2D eigenvalue weighted by molar-refractivity contribution is 0.176. The molecule has 0 spiro atoms. The Balaban J connectivity index is 0.00000192. The van der Waals surface area contributed by atoms with Crippen LogP contribution in [-0.4, -0.2) is 40.9 Å². The van der Waals surface area contributed by atoms with Gasteiger partial charge in [-0.15, -0.1) is 12.4 Å². The van der Waals surface area contributed by atoms with Crippen LogP contribution in [0.15, 0.2) is 42.7 Å². The van der Waals surface area contributed by atoms with Crippen LogP contribution in [0.25, 0.3) is 5.69 Å². The minimum atomic E-state index is 0. The fraction of sp³-hybridized carbons (Fsp3) is 0.500. The second-order valence-corrected chi connectivity index (χ2v) is 6.14. The normalized spacial score (nSPS) is 16.2. The van der Waals surface area contributed by atoms with Crippen molar-refractivity contribution in [1.29, 1.82) is 0 Å². The van der Waals surface area contributed by atoms with Gasteiger partial charge < -0.3 is 5.32 Å². The van der Waals surface area contributed by atoms with Crippen LogP contribution in [0.5, 0.6) is 0 Å². The molecular weight excluding hydrogens is 308 g/mol. The number of piperidine rings is 1. The van der Waals surface area contributed by atoms with Gasteiger partial charge in [-0.05, 0) is 68.7 Å². The van der Waals surface area contributed by atoms with Gasteiger partial charge in [0.25, 0.3) is 0 Å². The van der Waals surface area contributed by atoms with Gasteiger partial charge in [-0.25, -0.2) is 4.68 Å². The summed E-state index contributed by atoms with van der Waals surface area (Å²) < 4.78 is 1.90. The lowest BCUT2D eigenvalue weighted by Crippen LogP contribution is -2.36. The number of benzene rings is 1. The molecule has 0 amide bonds. The average molecular weight is 335 g/mol. The first kappa shape index (κ1) is 18.0. The standard InChI is InChI=1S/C18H26N4.ClH/c1-2-19-14-16-8-12-21(13-9-16)15-17-4-6-18(7-5-17)22-11-3-10-20-22;/h3-7,10-11,16,19H,2,8-9,12-15H2,1H3;1H. The quantitative estimate of drug-likeness (QED) is 0.881. The Morgan fingerprint density at radius 2 is 1.91 bits per heavy atom. The van der Waals surface area contributed by atoms with Crippen LogP contribution >= 0.6 is 12.4 Å². The van der Waals surface area contributed by atoms with Crippen LogP contribution < -0.4 is 5.32 Å². The minimum absolute atomic E-state index is 0. The van der Waals surface area contributed by atoms with E-state index in [9.17, 15) is 0 Å². The molecule has 23 heavy (non-hydrogen) atoms. The third kappa shape index (κ3) is 5.06. The second kappa shape index (κ2) is 9.06. The smallest absolute Gasteiger partial charge is 0.0645 e. The molecule has 1 aromatic carbocycles. The van der Waals surface area contributed by atoms with Crippen molar-refractivity contribution in [1.82, 2.24) is 20.0 Å². The first-order chi connectivity index (χ1) is 10.8. The molecule has 126 valence electrons. The minimum Gasteiger partial charge on any atom is -0.317 e. The number of likely N-dealkylation sites (tertiary alicyclic amines) is 1. The molecular formula is C18H27ClN4. The summed E-state index contributed by atoms with van der Waals surface area (Å²) in [7, 11) is 0. The van der Waals surface area contributed by atoms with Gasteiger partial charge >= 0.3 is 0 Å². The predicted octanol–water partition coefficient (Wildman–Crippen LogP) is 3.12. The monoisotopic (exact) mass is 334 g/mol. The number of hydrogen-bond donors (Lipinski definition) is 1. The molecule has 3 rings (SSSR count). The molecule has 1 N–H and O–H groups in total. The van der Waals surface area contributed by atoms with Gasteiger partial charge in [-0.2, -0.15) is 5.10 Å². The molecule has 4 nitrogen and oxygen atoms in total. The number of halogens is 1. The molecule has 2 aromatic rings. The Hall–Kier alpha value is -1.36. The highest BCUT2D eigenvalue weighted by atomic mass is 35.5. The van der Waals surface area contributed by atoms with Crippen LogP contribution in [0.3, 0.4) is 0 Å². The number of nitrogens with one attached hydrogen (secondary N) is 1. The number of aromatic nitrogens is 2. The molecule has 1 aliphatic heterocycles. The van der Waals surface area contributed by atoms with E-state index in [4.69, 9.17) is 0 Å². The van der Waals surface area contributed by atoms with E-state index in [2.05, 4.69) is 46.5 Å². The lowest BCUT2D eigenvalue weighted by atomic mass is 9.96. The number of nitrogens with zero attached hydrogens (tertiary/aromatic N) is 3. The van der Waals surface area contributed by atoms with Crippen molar-refractivity contribution in [2.75, 3.05) is 26.2 Å². The number of rotatable bonds is 6. The van der Waals surface area contributed by atoms with Gasteiger partial charge in [0.15, 0.2) is 0 Å². The largest absolute Gasteiger partial charge is 0.317 e. The molecule has 1 fully saturated rings. The molecule has 0 aliphatic carbocycles. The molecule has 1 saturated heterocycles. The third-order valence-corrected chi connectivity index (χ3v) is 4.50. The molecule has 0 unspecified atom stereocenters. The first-order valence-corrected chi connectivity index (χ1v) is 8.37. The SMILES string of the molecule is CCNCC1CCN(Cc2ccc(-n3cccn3)cc2)CC1.Cl. The van der Waals surface area contributed by atoms with Crippen molar-refractivity contribution in [2.24, 2.45) is 5.92 Å². The van der Waals surface area contributed by atoms with E-state index in [-0.39, 0.29) is 12.4 Å². The summed E-state index contributed by atoms with van der Waals surface area (Å²) in [4.78, 5) is 2.57. The third-order valence-electron chi connectivity index (χ3n) is 4.50. The van der Waals surface area contributed by atoms with Crippen molar-refractivity contribution in [2.45, 2.75) is 26.3 Å². The van der Waals surface area contributed by atoms with Crippen molar-refractivity contribution in [3.63, 3.8) is 0 Å². The van der Waals surface area contributed by atoms with Crippen LogP contribution in [0.2, 0.25) is 0 Å². The van der Waals surface area contributed by atoms with Crippen LogP contribution in [0.1, 0.15) is 25.3 Å². The van der Waals surface area contributed by atoms with Crippen LogP contribution in [-0.2, 0) is 6.54 Å². The van der Waals surface area contributed by atoms with Gasteiger partial charge in [0, 0.05) is 18.9 Å². The van der Waals surface area contributed by atoms with E-state index in [0.29, 0.717) is 0 Å². The maximum absolute atomic E-state index is 4.26. The van der Waals surface area contributed by atoms with Crippen molar-refractivity contribution in [3.05, 3.63) is 48.3 Å². The van der Waals surface area contributed by atoms with E-state index in [1.165, 1.54) is 38.0 Å². The van der Waals surface area contributed by atoms with Gasteiger partial charge in [-0.1, -0.05) is 19.1 Å². The summed E-state index contributed by atoms with van der Waals surface area (Å²) in [5.41, 5.74) is 2.51. The van der Waals surface area contributed by atoms with E-state index >= 15 is 0 Å². The second-order valence-electron chi connectivity index (χ2n) is 6.14. The summed E-state index contributed by atoms with van der Waals surface area (Å²) in [6.45, 7) is 7.95. The summed E-state index contributed by atoms with van der Waals surface area (Å²) >= 11 is 0. The summed E-state index contributed by atoms with van der Waals surface area (Å²) in [5, 5.41) is 7.74. The van der Waals surface area contributed by atoms with Crippen molar-refractivity contribution in [3.8, 4) is 5.69 Å². The summed E-state index contributed by atoms with van der Waals surface area (Å²) in [5.74, 6) is 0.860. The molecule has 0 atom stereocenters. The Morgan fingerprint density at radius 1 is 1.17 bits per heavy atom. The summed E-state index contributed by atoms with van der Waals surface area (Å²) in [6.07, 6.45) is 6.42. The zero-order valence-corrected chi connectivity index (χ0v) is 14.6. The van der Waals surface area contributed by atoms with E-state index in [0.717, 1.165) is 24.7 Å². The van der Waals surface area contributed by atoms with Crippen LogP contribution in [0.4, 0.5) is 0 Å². The molecule has 2 heterocycles. The Kier molecular flexibility index (Phi) is 7.09. The Morgan fingerprint density at radius 3 is 2.52 bits per heavy atom. The molecule has 1 aromatic heterocycles. The predicted molar refractivity (Wildman–Crippen MR) is 97.4 cm³/mol. The summed E-state index contributed by atoms with van der Waals surface area (Å²) in [6, 6.07) is 10.7. The Labute approximate surface area is 145 Å². The molecule has 1 aliphatic rings. The highest BCUT2D eigenvalue weighted by Gasteiger charge is 2.18. The number of hydrogen-bond acceptors (Lipinski definition) is 3. The van der Waals surface area contributed by atoms with Gasteiger partial charge in [0.2, 0.25) is 0 Å². The topological polar surface area (TPSA) is 33.1 Å². The molecule has 0 saturated carbocycles. The first-order valence-electron chi connectivity index (χ1n) is 8.37. The fourth-order valence-electron chi connectivity index (χ4n) is 3.13. The highest BCUT2D eigenvalue weighted by molar-refractivity contribution is 5.85. The molecule has 0 bridgehead atoms. The molecule has 0 radical (unpaired) electrons. The lowest BCUT2D eigenvalue weighted by Gasteiger charge is -2.32. The van der Waals surface area contributed by atoms with E-state index in [1.54, 1.807) is 0 Å². The fourth-order valence-corrected chi connectivity index (χ4v) is 3.13. The zero-order chi connectivity index (χ0) is 15.2. The van der Waals surface area contributed by atoms with Crippen molar-refractivity contribution < 1.29 is 0 Å². The van der Waals surface area contributed by atoms with E-state index < -0.39 is 0 Å². The van der Waals surface area contributed by atoms with Gasteiger partial charge in [-0.3, -0.25) is 4.90 Å². The van der Waals surface area contributed by atoms with Crippen molar-refractivity contribution >= 4 is 12.4 Å². The maximum atomic E-state index is 4.26. The average Bonchev–Trinajstić information content (AvgIpc) is 3.09. The Bertz CT molecular complexity index is 545. The zero-order valence-electron chi connectivity index (χ0n) is 13.8. The van der Waals surface area contributed by atoms with Gasteiger partial charge in [0.1, 0.15) is 0 Å². The van der Waals surface area contributed by atoms with E-state index in [1.807, 2.05) is 23.1 Å². The van der Waals surface area contributed by atoms with Crippen LogP contribution in [0, 0.1) is 5.92 Å². The van der Waals surface area contributed by atoms with Gasteiger partial charge in [0.05, 0.1) is 5.69 Å².